The summed E-state index contributed by atoms with van der Waals surface area (Å²) >= 11 is 0. The molecule has 1 aliphatic carbocycles. The number of phenolic OH excluding ortho intramolecular Hbond substituents is 2. The molecule has 0 aromatic heterocycles. The highest BCUT2D eigenvalue weighted by Gasteiger charge is 2.43. The van der Waals surface area contributed by atoms with E-state index in [2.05, 4.69) is 5.32 Å². The number of rotatable bonds is 3. The smallest absolute Gasteiger partial charge is 0.228 e. The Kier molecular flexibility index (Phi) is 3.06. The van der Waals surface area contributed by atoms with Crippen LogP contribution >= 0.6 is 0 Å². The fourth-order valence-electron chi connectivity index (χ4n) is 2.39. The fourth-order valence-corrected chi connectivity index (χ4v) is 2.39. The molecule has 2 aromatic rings. The van der Waals surface area contributed by atoms with Crippen LogP contribution in [-0.2, 0) is 4.79 Å². The molecule has 102 valence electrons. The van der Waals surface area contributed by atoms with Crippen LogP contribution in [0, 0.1) is 5.92 Å². The van der Waals surface area contributed by atoms with E-state index in [-0.39, 0.29) is 29.2 Å². The zero-order chi connectivity index (χ0) is 14.1. The van der Waals surface area contributed by atoms with E-state index in [1.54, 1.807) is 30.3 Å². The molecule has 0 heterocycles. The van der Waals surface area contributed by atoms with E-state index in [9.17, 15) is 15.0 Å². The second kappa shape index (κ2) is 4.89. The zero-order valence-electron chi connectivity index (χ0n) is 10.8. The van der Waals surface area contributed by atoms with Crippen LogP contribution in [0.1, 0.15) is 17.9 Å². The molecule has 0 bridgehead atoms. The van der Waals surface area contributed by atoms with Crippen LogP contribution in [0.3, 0.4) is 0 Å². The summed E-state index contributed by atoms with van der Waals surface area (Å²) in [5.74, 6) is 0.507. The summed E-state index contributed by atoms with van der Waals surface area (Å²) in [6, 6.07) is 13.5. The summed E-state index contributed by atoms with van der Waals surface area (Å²) in [6.45, 7) is 0. The number of hydrogen-bond acceptors (Lipinski definition) is 3. The molecule has 3 rings (SSSR count). The average Bonchev–Trinajstić information content (AvgIpc) is 3.20. The van der Waals surface area contributed by atoms with E-state index in [0.29, 0.717) is 5.69 Å². The normalized spacial score (nSPS) is 20.4. The number of carbonyl (C=O) groups is 1. The van der Waals surface area contributed by atoms with Gasteiger partial charge in [-0.1, -0.05) is 18.2 Å². The van der Waals surface area contributed by atoms with Crippen molar-refractivity contribution in [2.75, 3.05) is 5.32 Å². The highest BCUT2D eigenvalue weighted by Crippen LogP contribution is 2.48. The first-order valence-electron chi connectivity index (χ1n) is 6.52. The Balaban J connectivity index is 1.64. The molecule has 0 aliphatic heterocycles. The third-order valence-corrected chi connectivity index (χ3v) is 3.56. The van der Waals surface area contributed by atoms with Gasteiger partial charge in [-0.05, 0) is 42.2 Å². The minimum absolute atomic E-state index is 0.0336. The third kappa shape index (κ3) is 2.59. The number of anilines is 1. The Morgan fingerprint density at radius 2 is 1.80 bits per heavy atom. The van der Waals surface area contributed by atoms with Gasteiger partial charge in [0.15, 0.2) is 0 Å². The van der Waals surface area contributed by atoms with E-state index < -0.39 is 0 Å². The summed E-state index contributed by atoms with van der Waals surface area (Å²) < 4.78 is 0. The second-order valence-electron chi connectivity index (χ2n) is 5.08. The SMILES string of the molecule is O=C(Nc1cccc(O)c1)C1CC1c1ccc(O)cc1. The van der Waals surface area contributed by atoms with Gasteiger partial charge in [-0.15, -0.1) is 0 Å². The van der Waals surface area contributed by atoms with Gasteiger partial charge in [0.05, 0.1) is 0 Å². The van der Waals surface area contributed by atoms with E-state index >= 15 is 0 Å². The van der Waals surface area contributed by atoms with E-state index in [1.807, 2.05) is 12.1 Å². The molecule has 1 fully saturated rings. The molecule has 2 atom stereocenters. The number of hydrogen-bond donors (Lipinski definition) is 3. The lowest BCUT2D eigenvalue weighted by Crippen LogP contribution is -2.14. The number of nitrogens with one attached hydrogen (secondary N) is 1. The maximum Gasteiger partial charge on any atom is 0.228 e. The Morgan fingerprint density at radius 3 is 2.50 bits per heavy atom. The molecule has 20 heavy (non-hydrogen) atoms. The maximum absolute atomic E-state index is 12.1. The first kappa shape index (κ1) is 12.5. The molecule has 4 heteroatoms. The van der Waals surface area contributed by atoms with Gasteiger partial charge in [-0.2, -0.15) is 0 Å². The fraction of sp³-hybridized carbons (Fsp3) is 0.188. The Morgan fingerprint density at radius 1 is 1.05 bits per heavy atom. The summed E-state index contributed by atoms with van der Waals surface area (Å²) in [4.78, 5) is 12.1. The number of aromatic hydroxyl groups is 2. The van der Waals surface area contributed by atoms with Crippen molar-refractivity contribution in [2.24, 2.45) is 5.92 Å². The molecule has 3 N–H and O–H groups in total. The lowest BCUT2D eigenvalue weighted by molar-refractivity contribution is -0.117. The van der Waals surface area contributed by atoms with Crippen LogP contribution < -0.4 is 5.32 Å². The number of phenols is 2. The van der Waals surface area contributed by atoms with Crippen LogP contribution in [0.5, 0.6) is 11.5 Å². The molecule has 0 spiro atoms. The number of carbonyl (C=O) groups excluding carboxylic acids is 1. The van der Waals surface area contributed by atoms with Crippen molar-refractivity contribution in [3.05, 3.63) is 54.1 Å². The number of benzene rings is 2. The van der Waals surface area contributed by atoms with Crippen LogP contribution in [0.2, 0.25) is 0 Å². The van der Waals surface area contributed by atoms with Gasteiger partial charge in [0.2, 0.25) is 5.91 Å². The molecular formula is C16H15NO3. The lowest BCUT2D eigenvalue weighted by atomic mass is 10.1. The van der Waals surface area contributed by atoms with Gasteiger partial charge in [0.25, 0.3) is 0 Å². The van der Waals surface area contributed by atoms with E-state index in [4.69, 9.17) is 0 Å². The van der Waals surface area contributed by atoms with Gasteiger partial charge in [0, 0.05) is 17.7 Å². The van der Waals surface area contributed by atoms with E-state index in [0.717, 1.165) is 12.0 Å². The highest BCUT2D eigenvalue weighted by atomic mass is 16.3. The van der Waals surface area contributed by atoms with Crippen molar-refractivity contribution in [3.8, 4) is 11.5 Å². The Bertz CT molecular complexity index is 636. The molecule has 0 saturated heterocycles. The molecule has 1 aliphatic rings. The van der Waals surface area contributed by atoms with Gasteiger partial charge in [0.1, 0.15) is 11.5 Å². The summed E-state index contributed by atoms with van der Waals surface area (Å²) in [5.41, 5.74) is 1.67. The van der Waals surface area contributed by atoms with Crippen LogP contribution in [-0.4, -0.2) is 16.1 Å². The van der Waals surface area contributed by atoms with Crippen molar-refractivity contribution < 1.29 is 15.0 Å². The standard InChI is InChI=1S/C16H15NO3/c18-12-6-4-10(5-7-12)14-9-15(14)16(20)17-11-2-1-3-13(19)8-11/h1-8,14-15,18-19H,9H2,(H,17,20). The predicted octanol–water partition coefficient (Wildman–Crippen LogP) is 2.84. The summed E-state index contributed by atoms with van der Waals surface area (Å²) in [6.07, 6.45) is 0.815. The molecule has 2 aromatic carbocycles. The van der Waals surface area contributed by atoms with Crippen molar-refractivity contribution >= 4 is 11.6 Å². The lowest BCUT2D eigenvalue weighted by Gasteiger charge is -2.05. The first-order valence-corrected chi connectivity index (χ1v) is 6.52. The molecule has 1 amide bonds. The van der Waals surface area contributed by atoms with Crippen molar-refractivity contribution in [1.82, 2.24) is 0 Å². The molecule has 0 radical (unpaired) electrons. The van der Waals surface area contributed by atoms with Crippen LogP contribution in [0.4, 0.5) is 5.69 Å². The average molecular weight is 269 g/mol. The van der Waals surface area contributed by atoms with Gasteiger partial charge >= 0.3 is 0 Å². The number of amides is 1. The van der Waals surface area contributed by atoms with Gasteiger partial charge < -0.3 is 15.5 Å². The minimum atomic E-state index is -0.0399. The molecular weight excluding hydrogens is 254 g/mol. The van der Waals surface area contributed by atoms with Gasteiger partial charge in [-0.25, -0.2) is 0 Å². The largest absolute Gasteiger partial charge is 0.508 e. The highest BCUT2D eigenvalue weighted by molar-refractivity contribution is 5.95. The predicted molar refractivity (Wildman–Crippen MR) is 75.7 cm³/mol. The van der Waals surface area contributed by atoms with E-state index in [1.165, 1.54) is 6.07 Å². The Labute approximate surface area is 116 Å². The quantitative estimate of drug-likeness (QED) is 0.802. The monoisotopic (exact) mass is 269 g/mol. The van der Waals surface area contributed by atoms with Crippen LogP contribution in [0.15, 0.2) is 48.5 Å². The van der Waals surface area contributed by atoms with Crippen molar-refractivity contribution in [3.63, 3.8) is 0 Å². The molecule has 4 nitrogen and oxygen atoms in total. The topological polar surface area (TPSA) is 69.6 Å². The van der Waals surface area contributed by atoms with Crippen LogP contribution in [0.25, 0.3) is 0 Å². The molecule has 1 saturated carbocycles. The summed E-state index contributed by atoms with van der Waals surface area (Å²) in [7, 11) is 0. The minimum Gasteiger partial charge on any atom is -0.508 e. The first-order chi connectivity index (χ1) is 9.63. The second-order valence-corrected chi connectivity index (χ2v) is 5.08. The molecule has 2 unspecified atom stereocenters. The van der Waals surface area contributed by atoms with Crippen molar-refractivity contribution in [1.29, 1.82) is 0 Å². The van der Waals surface area contributed by atoms with Crippen molar-refractivity contribution in [2.45, 2.75) is 12.3 Å². The third-order valence-electron chi connectivity index (χ3n) is 3.56. The maximum atomic E-state index is 12.1. The van der Waals surface area contributed by atoms with Gasteiger partial charge in [-0.3, -0.25) is 4.79 Å². The zero-order valence-corrected chi connectivity index (χ0v) is 10.8. The summed E-state index contributed by atoms with van der Waals surface area (Å²) in [5, 5.41) is 21.4. The Hall–Kier alpha value is -2.49.